The molecule has 5 nitrogen and oxygen atoms in total. The first-order valence-electron chi connectivity index (χ1n) is 6.67. The Bertz CT molecular complexity index is 555. The van der Waals surface area contributed by atoms with Crippen molar-refractivity contribution in [2.24, 2.45) is 0 Å². The van der Waals surface area contributed by atoms with Gasteiger partial charge in [0.25, 0.3) is 0 Å². The van der Waals surface area contributed by atoms with Crippen molar-refractivity contribution in [1.29, 1.82) is 5.26 Å². The van der Waals surface area contributed by atoms with Crippen LogP contribution in [0.5, 0.6) is 0 Å². The summed E-state index contributed by atoms with van der Waals surface area (Å²) in [6.07, 6.45) is -0.298. The largest absolute Gasteiger partial charge is 0.444 e. The normalized spacial score (nSPS) is 17.0. The molecule has 1 aromatic heterocycles. The fourth-order valence-electron chi connectivity index (χ4n) is 1.96. The third kappa shape index (κ3) is 4.43. The molecule has 7 heteroatoms. The average molecular weight is 372 g/mol. The second-order valence-electron chi connectivity index (χ2n) is 5.95. The first kappa shape index (κ1) is 16.3. The third-order valence-corrected chi connectivity index (χ3v) is 4.63. The minimum Gasteiger partial charge on any atom is -0.444 e. The molecule has 1 amide bonds. The lowest BCUT2D eigenvalue weighted by atomic mass is 10.1. The molecule has 0 aliphatic carbocycles. The van der Waals surface area contributed by atoms with Crippen LogP contribution >= 0.6 is 27.3 Å². The lowest BCUT2D eigenvalue weighted by Crippen LogP contribution is -2.60. The highest BCUT2D eigenvalue weighted by Gasteiger charge is 2.35. The van der Waals surface area contributed by atoms with Gasteiger partial charge in [0.15, 0.2) is 0 Å². The second kappa shape index (κ2) is 6.34. The summed E-state index contributed by atoms with van der Waals surface area (Å²) >= 11 is 4.93. The first-order valence-corrected chi connectivity index (χ1v) is 8.28. The highest BCUT2D eigenvalue weighted by Crippen LogP contribution is 2.28. The van der Waals surface area contributed by atoms with Crippen molar-refractivity contribution < 1.29 is 9.53 Å². The van der Waals surface area contributed by atoms with E-state index in [1.807, 2.05) is 32.9 Å². The zero-order chi connectivity index (χ0) is 15.6. The number of carbonyl (C=O) groups is 1. The molecule has 1 N–H and O–H groups in total. The Morgan fingerprint density at radius 3 is 2.71 bits per heavy atom. The molecule has 1 saturated heterocycles. The summed E-state index contributed by atoms with van der Waals surface area (Å²) < 4.78 is 6.30. The molecule has 0 unspecified atom stereocenters. The van der Waals surface area contributed by atoms with E-state index in [-0.39, 0.29) is 18.2 Å². The van der Waals surface area contributed by atoms with E-state index >= 15 is 0 Å². The SMILES string of the molecule is CC(C)(C)OC(=O)N1CC(N[C@@H](C#N)c2ccc(Br)s2)C1. The maximum atomic E-state index is 11.8. The molecule has 0 spiro atoms. The smallest absolute Gasteiger partial charge is 0.410 e. The summed E-state index contributed by atoms with van der Waals surface area (Å²) in [5.74, 6) is 0. The molecule has 2 rings (SSSR count). The summed E-state index contributed by atoms with van der Waals surface area (Å²) in [7, 11) is 0. The molecular formula is C14H18BrN3O2S. The van der Waals surface area contributed by atoms with Crippen molar-refractivity contribution in [3.8, 4) is 6.07 Å². The van der Waals surface area contributed by atoms with E-state index in [0.717, 1.165) is 8.66 Å². The number of nitrogens with zero attached hydrogens (tertiary/aromatic N) is 2. The number of hydrogen-bond donors (Lipinski definition) is 1. The quantitative estimate of drug-likeness (QED) is 0.884. The van der Waals surface area contributed by atoms with Crippen LogP contribution in [0.4, 0.5) is 4.79 Å². The van der Waals surface area contributed by atoms with Gasteiger partial charge in [0.2, 0.25) is 0 Å². The molecule has 0 saturated carbocycles. The van der Waals surface area contributed by atoms with Gasteiger partial charge in [-0.2, -0.15) is 5.26 Å². The molecule has 2 heterocycles. The van der Waals surface area contributed by atoms with E-state index in [4.69, 9.17) is 4.74 Å². The standard InChI is InChI=1S/C14H18BrN3O2S/c1-14(2,3)20-13(19)18-7-9(8-18)17-10(6-16)11-4-5-12(15)21-11/h4-5,9-10,17H,7-8H2,1-3H3/t10-/m0/s1. The number of nitrogens with one attached hydrogen (secondary N) is 1. The zero-order valence-corrected chi connectivity index (χ0v) is 14.6. The highest BCUT2D eigenvalue weighted by atomic mass is 79.9. The summed E-state index contributed by atoms with van der Waals surface area (Å²) in [4.78, 5) is 14.4. The van der Waals surface area contributed by atoms with Crippen LogP contribution in [0.2, 0.25) is 0 Å². The van der Waals surface area contributed by atoms with Gasteiger partial charge in [0, 0.05) is 24.0 Å². The number of nitriles is 1. The van der Waals surface area contributed by atoms with Gasteiger partial charge in [-0.3, -0.25) is 5.32 Å². The number of halogens is 1. The molecule has 1 aromatic rings. The number of thiophene rings is 1. The first-order chi connectivity index (χ1) is 9.78. The van der Waals surface area contributed by atoms with Crippen molar-refractivity contribution in [3.05, 3.63) is 20.8 Å². The predicted molar refractivity (Wildman–Crippen MR) is 85.1 cm³/mol. The van der Waals surface area contributed by atoms with Crippen LogP contribution in [0.1, 0.15) is 31.7 Å². The van der Waals surface area contributed by atoms with Crippen LogP contribution in [0.15, 0.2) is 15.9 Å². The maximum absolute atomic E-state index is 11.8. The maximum Gasteiger partial charge on any atom is 0.410 e. The number of rotatable bonds is 3. The van der Waals surface area contributed by atoms with Crippen molar-refractivity contribution in [1.82, 2.24) is 10.2 Å². The van der Waals surface area contributed by atoms with E-state index < -0.39 is 5.60 Å². The monoisotopic (exact) mass is 371 g/mol. The van der Waals surface area contributed by atoms with Crippen LogP contribution in [-0.2, 0) is 4.74 Å². The third-order valence-electron chi connectivity index (χ3n) is 2.94. The minimum absolute atomic E-state index is 0.128. The van der Waals surface area contributed by atoms with Gasteiger partial charge in [-0.15, -0.1) is 11.3 Å². The highest BCUT2D eigenvalue weighted by molar-refractivity contribution is 9.11. The lowest BCUT2D eigenvalue weighted by Gasteiger charge is -2.40. The van der Waals surface area contributed by atoms with Gasteiger partial charge in [-0.25, -0.2) is 4.79 Å². The van der Waals surface area contributed by atoms with Crippen LogP contribution in [0.25, 0.3) is 0 Å². The molecule has 21 heavy (non-hydrogen) atoms. The number of likely N-dealkylation sites (tertiary alicyclic amines) is 1. The number of ether oxygens (including phenoxy) is 1. The molecule has 1 atom stereocenters. The molecular weight excluding hydrogens is 354 g/mol. The summed E-state index contributed by atoms with van der Waals surface area (Å²) in [5, 5.41) is 12.5. The van der Waals surface area contributed by atoms with Gasteiger partial charge < -0.3 is 9.64 Å². The van der Waals surface area contributed by atoms with E-state index in [9.17, 15) is 10.1 Å². The molecule has 1 aliphatic heterocycles. The Hall–Kier alpha value is -1.10. The summed E-state index contributed by atoms with van der Waals surface area (Å²) in [6, 6.07) is 5.90. The van der Waals surface area contributed by atoms with E-state index in [1.165, 1.54) is 11.3 Å². The Morgan fingerprint density at radius 2 is 2.24 bits per heavy atom. The number of hydrogen-bond acceptors (Lipinski definition) is 5. The number of carbonyl (C=O) groups excluding carboxylic acids is 1. The van der Waals surface area contributed by atoms with Crippen molar-refractivity contribution in [3.63, 3.8) is 0 Å². The van der Waals surface area contributed by atoms with Gasteiger partial charge in [0.1, 0.15) is 11.6 Å². The van der Waals surface area contributed by atoms with Gasteiger partial charge in [-0.1, -0.05) is 0 Å². The van der Waals surface area contributed by atoms with Crippen molar-refractivity contribution in [2.75, 3.05) is 13.1 Å². The van der Waals surface area contributed by atoms with Crippen molar-refractivity contribution in [2.45, 2.75) is 38.5 Å². The fourth-order valence-corrected chi connectivity index (χ4v) is 3.39. The fraction of sp³-hybridized carbons (Fsp3) is 0.571. The van der Waals surface area contributed by atoms with Crippen LogP contribution in [0, 0.1) is 11.3 Å². The predicted octanol–water partition coefficient (Wildman–Crippen LogP) is 3.28. The van der Waals surface area contributed by atoms with Crippen LogP contribution < -0.4 is 5.32 Å². The summed E-state index contributed by atoms with van der Waals surface area (Å²) in [5.41, 5.74) is -0.478. The molecule has 0 radical (unpaired) electrons. The Labute approximate surface area is 137 Å². The summed E-state index contributed by atoms with van der Waals surface area (Å²) in [6.45, 7) is 6.68. The van der Waals surface area contributed by atoms with Gasteiger partial charge >= 0.3 is 6.09 Å². The second-order valence-corrected chi connectivity index (χ2v) is 8.45. The Morgan fingerprint density at radius 1 is 1.57 bits per heavy atom. The molecule has 0 bridgehead atoms. The number of amides is 1. The molecule has 1 aliphatic rings. The lowest BCUT2D eigenvalue weighted by molar-refractivity contribution is 0.00478. The topological polar surface area (TPSA) is 65.4 Å². The molecule has 0 aromatic carbocycles. The van der Waals surface area contributed by atoms with Crippen molar-refractivity contribution >= 4 is 33.4 Å². The minimum atomic E-state index is -0.478. The average Bonchev–Trinajstić information content (AvgIpc) is 2.72. The van der Waals surface area contributed by atoms with Crippen LogP contribution in [-0.4, -0.2) is 35.7 Å². The van der Waals surface area contributed by atoms with Crippen LogP contribution in [0.3, 0.4) is 0 Å². The molecule has 114 valence electrons. The van der Waals surface area contributed by atoms with E-state index in [2.05, 4.69) is 27.3 Å². The van der Waals surface area contributed by atoms with E-state index in [1.54, 1.807) is 4.90 Å². The Balaban J connectivity index is 1.82. The Kier molecular flexibility index (Phi) is 4.91. The molecule has 1 fully saturated rings. The zero-order valence-electron chi connectivity index (χ0n) is 12.2. The van der Waals surface area contributed by atoms with Gasteiger partial charge in [0.05, 0.1) is 9.86 Å². The van der Waals surface area contributed by atoms with Gasteiger partial charge in [-0.05, 0) is 48.8 Å². The van der Waals surface area contributed by atoms with E-state index in [0.29, 0.717) is 13.1 Å².